The summed E-state index contributed by atoms with van der Waals surface area (Å²) in [7, 11) is 0. The van der Waals surface area contributed by atoms with Crippen molar-refractivity contribution in [3.05, 3.63) is 62.6 Å². The van der Waals surface area contributed by atoms with Crippen LogP contribution < -0.4 is 0 Å². The maximum absolute atomic E-state index is 11.7. The Morgan fingerprint density at radius 1 is 1.30 bits per heavy atom. The van der Waals surface area contributed by atoms with Crippen molar-refractivity contribution >= 4 is 34.6 Å². The van der Waals surface area contributed by atoms with Gasteiger partial charge in [0, 0.05) is 16.3 Å². The number of allylic oxidation sites excluding steroid dienone is 2. The topological polar surface area (TPSA) is 84.1 Å². The van der Waals surface area contributed by atoms with Crippen LogP contribution in [0.4, 0.5) is 4.79 Å². The van der Waals surface area contributed by atoms with Crippen molar-refractivity contribution in [2.75, 3.05) is 0 Å². The van der Waals surface area contributed by atoms with Crippen LogP contribution >= 0.6 is 22.9 Å². The SMILES string of the molecule is Cc1nc(C2=CCC(c3nnc4n3-c3ccc(Cl)cc3CN(C(=O)O)C4)CC2)cs1. The van der Waals surface area contributed by atoms with E-state index in [2.05, 4.69) is 26.6 Å². The maximum Gasteiger partial charge on any atom is 0.408 e. The lowest BCUT2D eigenvalue weighted by molar-refractivity contribution is 0.139. The number of hydrogen-bond donors (Lipinski definition) is 1. The Morgan fingerprint density at radius 3 is 2.87 bits per heavy atom. The summed E-state index contributed by atoms with van der Waals surface area (Å²) in [6.45, 7) is 2.49. The van der Waals surface area contributed by atoms with E-state index in [0.29, 0.717) is 10.8 Å². The van der Waals surface area contributed by atoms with Crippen LogP contribution in [0.5, 0.6) is 0 Å². The number of amides is 1. The highest BCUT2D eigenvalue weighted by Crippen LogP contribution is 2.38. The molecule has 0 spiro atoms. The first-order chi connectivity index (χ1) is 14.5. The van der Waals surface area contributed by atoms with Gasteiger partial charge in [0.2, 0.25) is 0 Å². The Kier molecular flexibility index (Phi) is 4.83. The van der Waals surface area contributed by atoms with Gasteiger partial charge in [0.25, 0.3) is 0 Å². The van der Waals surface area contributed by atoms with Gasteiger partial charge in [-0.3, -0.25) is 9.47 Å². The Bertz CT molecular complexity index is 1170. The second-order valence-corrected chi connectivity index (χ2v) is 9.17. The highest BCUT2D eigenvalue weighted by atomic mass is 35.5. The minimum absolute atomic E-state index is 0.195. The van der Waals surface area contributed by atoms with Crippen molar-refractivity contribution < 1.29 is 9.90 Å². The predicted molar refractivity (Wildman–Crippen MR) is 115 cm³/mol. The molecule has 0 fully saturated rings. The number of carbonyl (C=O) groups is 1. The molecule has 1 N–H and O–H groups in total. The Labute approximate surface area is 182 Å². The fourth-order valence-electron chi connectivity index (χ4n) is 4.24. The molecule has 0 bridgehead atoms. The van der Waals surface area contributed by atoms with Gasteiger partial charge < -0.3 is 5.11 Å². The molecule has 1 unspecified atom stereocenters. The molecule has 2 aliphatic rings. The minimum Gasteiger partial charge on any atom is -0.465 e. The van der Waals surface area contributed by atoms with Gasteiger partial charge in [-0.2, -0.15) is 0 Å². The number of aromatic nitrogens is 4. The third-order valence-electron chi connectivity index (χ3n) is 5.73. The van der Waals surface area contributed by atoms with E-state index in [9.17, 15) is 9.90 Å². The number of hydrogen-bond acceptors (Lipinski definition) is 5. The lowest BCUT2D eigenvalue weighted by Crippen LogP contribution is -2.27. The first-order valence-corrected chi connectivity index (χ1v) is 11.1. The molecule has 5 rings (SSSR count). The van der Waals surface area contributed by atoms with Crippen LogP contribution in [0.2, 0.25) is 5.02 Å². The Morgan fingerprint density at radius 2 is 2.17 bits per heavy atom. The molecule has 1 aliphatic carbocycles. The minimum atomic E-state index is -0.984. The molecule has 2 aromatic heterocycles. The molecular formula is C21H20ClN5O2S. The maximum atomic E-state index is 11.7. The van der Waals surface area contributed by atoms with Crippen molar-refractivity contribution in [1.29, 1.82) is 0 Å². The van der Waals surface area contributed by atoms with Crippen LogP contribution in [0.25, 0.3) is 11.3 Å². The number of carboxylic acid groups (broad SMARTS) is 1. The van der Waals surface area contributed by atoms with E-state index >= 15 is 0 Å². The molecule has 7 nitrogen and oxygen atoms in total. The van der Waals surface area contributed by atoms with E-state index in [1.807, 2.05) is 29.7 Å². The molecule has 9 heteroatoms. The van der Waals surface area contributed by atoms with Crippen LogP contribution in [-0.2, 0) is 13.1 Å². The number of rotatable bonds is 2. The summed E-state index contributed by atoms with van der Waals surface area (Å²) < 4.78 is 2.03. The number of fused-ring (bicyclic) bond motifs is 3. The highest BCUT2D eigenvalue weighted by Gasteiger charge is 2.30. The van der Waals surface area contributed by atoms with Gasteiger partial charge in [0.05, 0.1) is 29.5 Å². The molecule has 154 valence electrons. The highest BCUT2D eigenvalue weighted by molar-refractivity contribution is 7.09. The van der Waals surface area contributed by atoms with Crippen molar-refractivity contribution in [2.24, 2.45) is 0 Å². The lowest BCUT2D eigenvalue weighted by Gasteiger charge is -2.22. The van der Waals surface area contributed by atoms with E-state index in [4.69, 9.17) is 11.6 Å². The molecule has 1 atom stereocenters. The van der Waals surface area contributed by atoms with Crippen LogP contribution in [-0.4, -0.2) is 35.8 Å². The van der Waals surface area contributed by atoms with Crippen molar-refractivity contribution in [3.8, 4) is 5.69 Å². The second-order valence-electron chi connectivity index (χ2n) is 7.67. The van der Waals surface area contributed by atoms with E-state index < -0.39 is 6.09 Å². The van der Waals surface area contributed by atoms with Gasteiger partial charge in [0.1, 0.15) is 5.82 Å². The normalized spacial score (nSPS) is 18.4. The number of thiazole rings is 1. The summed E-state index contributed by atoms with van der Waals surface area (Å²) in [6, 6.07) is 5.59. The van der Waals surface area contributed by atoms with E-state index in [-0.39, 0.29) is 19.0 Å². The molecule has 3 heterocycles. The van der Waals surface area contributed by atoms with Gasteiger partial charge in [-0.15, -0.1) is 21.5 Å². The first-order valence-electron chi connectivity index (χ1n) is 9.82. The molecule has 0 saturated carbocycles. The molecule has 1 amide bonds. The van der Waals surface area contributed by atoms with Crippen LogP contribution in [0.15, 0.2) is 29.7 Å². The second kappa shape index (κ2) is 7.52. The quantitative estimate of drug-likeness (QED) is 0.602. The molecular weight excluding hydrogens is 422 g/mol. The smallest absolute Gasteiger partial charge is 0.408 e. The summed E-state index contributed by atoms with van der Waals surface area (Å²) in [5.41, 5.74) is 4.13. The van der Waals surface area contributed by atoms with Crippen LogP contribution in [0.1, 0.15) is 53.1 Å². The monoisotopic (exact) mass is 441 g/mol. The molecule has 1 aliphatic heterocycles. The molecule has 0 saturated heterocycles. The van der Waals surface area contributed by atoms with Crippen LogP contribution in [0, 0.1) is 6.92 Å². The Hall–Kier alpha value is -2.71. The van der Waals surface area contributed by atoms with E-state index in [1.165, 1.54) is 10.5 Å². The standard InChI is InChI=1S/C21H20ClN5O2S/c1-12-23-17(11-30-12)13-2-4-14(5-3-13)20-25-24-19-10-26(21(28)29)9-15-8-16(22)6-7-18(15)27(19)20/h2,6-8,11,14H,3-5,9-10H2,1H3,(H,28,29). The van der Waals surface area contributed by atoms with Crippen molar-refractivity contribution in [1.82, 2.24) is 24.6 Å². The summed E-state index contributed by atoms with van der Waals surface area (Å²) in [4.78, 5) is 17.7. The zero-order chi connectivity index (χ0) is 20.8. The molecule has 3 aromatic rings. The zero-order valence-corrected chi connectivity index (χ0v) is 17.9. The number of halogens is 1. The first kappa shape index (κ1) is 19.3. The third kappa shape index (κ3) is 3.40. The predicted octanol–water partition coefficient (Wildman–Crippen LogP) is 5.03. The average molecular weight is 442 g/mol. The van der Waals surface area contributed by atoms with Crippen molar-refractivity contribution in [3.63, 3.8) is 0 Å². The summed E-state index contributed by atoms with van der Waals surface area (Å²) in [5, 5.41) is 22.2. The summed E-state index contributed by atoms with van der Waals surface area (Å²) in [5.74, 6) is 1.73. The largest absolute Gasteiger partial charge is 0.465 e. The summed E-state index contributed by atoms with van der Waals surface area (Å²) >= 11 is 7.88. The molecule has 0 radical (unpaired) electrons. The zero-order valence-electron chi connectivity index (χ0n) is 16.4. The van der Waals surface area contributed by atoms with Gasteiger partial charge >= 0.3 is 6.09 Å². The fraction of sp³-hybridized carbons (Fsp3) is 0.333. The van der Waals surface area contributed by atoms with E-state index in [1.54, 1.807) is 11.3 Å². The number of nitrogens with zero attached hydrogens (tertiary/aromatic N) is 5. The van der Waals surface area contributed by atoms with Crippen LogP contribution in [0.3, 0.4) is 0 Å². The summed E-state index contributed by atoms with van der Waals surface area (Å²) in [6.07, 6.45) is 4.02. The third-order valence-corrected chi connectivity index (χ3v) is 6.73. The number of benzene rings is 1. The van der Waals surface area contributed by atoms with Crippen molar-refractivity contribution in [2.45, 2.75) is 45.2 Å². The van der Waals surface area contributed by atoms with Gasteiger partial charge in [0.15, 0.2) is 5.82 Å². The van der Waals surface area contributed by atoms with Gasteiger partial charge in [-0.1, -0.05) is 17.7 Å². The van der Waals surface area contributed by atoms with Gasteiger partial charge in [-0.25, -0.2) is 9.78 Å². The van der Waals surface area contributed by atoms with E-state index in [0.717, 1.165) is 47.0 Å². The number of aryl methyl sites for hydroxylation is 1. The molecule has 30 heavy (non-hydrogen) atoms. The average Bonchev–Trinajstić information content (AvgIpc) is 3.30. The Balaban J connectivity index is 1.52. The molecule has 1 aromatic carbocycles. The fourth-order valence-corrected chi connectivity index (χ4v) is 5.07. The lowest BCUT2D eigenvalue weighted by atomic mass is 9.88. The van der Waals surface area contributed by atoms with Gasteiger partial charge in [-0.05, 0) is 55.5 Å².